The molecule has 0 aliphatic carbocycles. The van der Waals surface area contributed by atoms with Crippen LogP contribution in [0.3, 0.4) is 0 Å². The van der Waals surface area contributed by atoms with Crippen molar-refractivity contribution in [3.8, 4) is 0 Å². The lowest BCUT2D eigenvalue weighted by Crippen LogP contribution is -2.36. The molecule has 1 aromatic heterocycles. The van der Waals surface area contributed by atoms with E-state index in [1.807, 2.05) is 6.07 Å². The number of nitrogens with two attached hydrogens (primary N) is 1. The van der Waals surface area contributed by atoms with Gasteiger partial charge < -0.3 is 19.8 Å². The fourth-order valence-corrected chi connectivity index (χ4v) is 4.90. The molecule has 1 fully saturated rings. The molecule has 2 heterocycles. The number of hydrogen-bond acceptors (Lipinski definition) is 6. The van der Waals surface area contributed by atoms with E-state index in [-0.39, 0.29) is 9.79 Å². The topological polar surface area (TPSA) is 98.1 Å². The molecular weight excluding hydrogens is 426 g/mol. The van der Waals surface area contributed by atoms with Crippen LogP contribution < -0.4 is 10.6 Å². The van der Waals surface area contributed by atoms with Crippen LogP contribution in [0.2, 0.25) is 0 Å². The molecule has 8 heteroatoms. The zero-order valence-electron chi connectivity index (χ0n) is 17.8. The standard InChI is InChI=1S/C24H25N3O4S/c1-3-18(16-26-17(2)25)20-12-21(27-7-10-30-11-8-27)14-23(13-20)32(28,29)22-5-4-19-6-9-31-24(19)15-22/h3-6,9,12-16H,1,7-8,10-11H2,2H3,(H2,25,26)/b18-16+. The quantitative estimate of drug-likeness (QED) is 0.345. The predicted molar refractivity (Wildman–Crippen MR) is 127 cm³/mol. The van der Waals surface area contributed by atoms with E-state index in [1.165, 1.54) is 0 Å². The second-order valence-electron chi connectivity index (χ2n) is 7.50. The van der Waals surface area contributed by atoms with Gasteiger partial charge in [-0.15, -0.1) is 0 Å². The predicted octanol–water partition coefficient (Wildman–Crippen LogP) is 4.01. The third kappa shape index (κ3) is 4.46. The van der Waals surface area contributed by atoms with Gasteiger partial charge in [0.1, 0.15) is 5.58 Å². The lowest BCUT2D eigenvalue weighted by molar-refractivity contribution is 0.122. The second kappa shape index (κ2) is 9.02. The molecular formula is C24H25N3O4S. The summed E-state index contributed by atoms with van der Waals surface area (Å²) in [7, 11) is -3.80. The van der Waals surface area contributed by atoms with Gasteiger partial charge in [0, 0.05) is 36.4 Å². The number of allylic oxidation sites excluding steroid dienone is 2. The van der Waals surface area contributed by atoms with Crippen LogP contribution in [-0.2, 0) is 14.6 Å². The van der Waals surface area contributed by atoms with Gasteiger partial charge in [0.25, 0.3) is 0 Å². The van der Waals surface area contributed by atoms with Crippen molar-refractivity contribution in [3.05, 3.63) is 73.1 Å². The Morgan fingerprint density at radius 3 is 2.62 bits per heavy atom. The van der Waals surface area contributed by atoms with Gasteiger partial charge in [0.05, 0.1) is 35.1 Å². The molecule has 0 amide bonds. The van der Waals surface area contributed by atoms with E-state index < -0.39 is 9.84 Å². The normalized spacial score (nSPS) is 15.8. The molecule has 0 unspecified atom stereocenters. The molecule has 1 aliphatic heterocycles. The Morgan fingerprint density at radius 2 is 1.91 bits per heavy atom. The summed E-state index contributed by atoms with van der Waals surface area (Å²) >= 11 is 0. The molecule has 0 bridgehead atoms. The minimum Gasteiger partial charge on any atom is -0.464 e. The van der Waals surface area contributed by atoms with Crippen molar-refractivity contribution in [3.63, 3.8) is 0 Å². The summed E-state index contributed by atoms with van der Waals surface area (Å²) in [4.78, 5) is 6.62. The van der Waals surface area contributed by atoms with Crippen LogP contribution in [0.25, 0.3) is 16.5 Å². The fraction of sp³-hybridized carbons (Fsp3) is 0.208. The molecule has 7 nitrogen and oxygen atoms in total. The second-order valence-corrected chi connectivity index (χ2v) is 9.45. The summed E-state index contributed by atoms with van der Waals surface area (Å²) in [5, 5.41) is 0.846. The van der Waals surface area contributed by atoms with Crippen LogP contribution in [0.4, 0.5) is 5.69 Å². The first-order valence-electron chi connectivity index (χ1n) is 10.2. The maximum absolute atomic E-state index is 13.6. The molecule has 0 atom stereocenters. The van der Waals surface area contributed by atoms with Crippen molar-refractivity contribution >= 4 is 37.9 Å². The molecule has 166 valence electrons. The number of aliphatic imine (C=N–C) groups is 1. The van der Waals surface area contributed by atoms with Gasteiger partial charge in [-0.2, -0.15) is 0 Å². The van der Waals surface area contributed by atoms with Gasteiger partial charge in [-0.3, -0.25) is 0 Å². The highest BCUT2D eigenvalue weighted by molar-refractivity contribution is 7.91. The summed E-state index contributed by atoms with van der Waals surface area (Å²) in [6.45, 7) is 8.07. The maximum Gasteiger partial charge on any atom is 0.206 e. The molecule has 2 N–H and O–H groups in total. The van der Waals surface area contributed by atoms with Crippen molar-refractivity contribution in [2.24, 2.45) is 10.7 Å². The minimum absolute atomic E-state index is 0.171. The van der Waals surface area contributed by atoms with Gasteiger partial charge in [0.2, 0.25) is 9.84 Å². The molecule has 0 saturated carbocycles. The Morgan fingerprint density at radius 1 is 1.12 bits per heavy atom. The Hall–Kier alpha value is -3.36. The average Bonchev–Trinajstić information content (AvgIpc) is 3.28. The van der Waals surface area contributed by atoms with Gasteiger partial charge >= 0.3 is 0 Å². The lowest BCUT2D eigenvalue weighted by atomic mass is 10.1. The zero-order valence-corrected chi connectivity index (χ0v) is 18.6. The molecule has 4 rings (SSSR count). The smallest absolute Gasteiger partial charge is 0.206 e. The summed E-state index contributed by atoms with van der Waals surface area (Å²) in [6, 6.07) is 12.0. The van der Waals surface area contributed by atoms with Crippen LogP contribution in [-0.4, -0.2) is 40.6 Å². The molecule has 1 saturated heterocycles. The monoisotopic (exact) mass is 451 g/mol. The molecule has 32 heavy (non-hydrogen) atoms. The van der Waals surface area contributed by atoms with E-state index in [1.54, 1.807) is 61.9 Å². The van der Waals surface area contributed by atoms with Crippen molar-refractivity contribution in [1.29, 1.82) is 0 Å². The van der Waals surface area contributed by atoms with Crippen molar-refractivity contribution in [2.45, 2.75) is 16.7 Å². The van der Waals surface area contributed by atoms with Crippen molar-refractivity contribution < 1.29 is 17.6 Å². The third-order valence-corrected chi connectivity index (χ3v) is 7.01. The number of amidine groups is 1. The number of rotatable bonds is 6. The number of fused-ring (bicyclic) bond motifs is 1. The highest BCUT2D eigenvalue weighted by Gasteiger charge is 2.22. The van der Waals surface area contributed by atoms with Crippen LogP contribution in [0.15, 0.2) is 86.8 Å². The number of anilines is 1. The minimum atomic E-state index is -3.80. The zero-order chi connectivity index (χ0) is 22.7. The van der Waals surface area contributed by atoms with Crippen molar-refractivity contribution in [2.75, 3.05) is 31.2 Å². The molecule has 0 spiro atoms. The molecule has 3 aromatic rings. The number of sulfone groups is 1. The molecule has 1 aliphatic rings. The summed E-state index contributed by atoms with van der Waals surface area (Å²) in [5.41, 5.74) is 8.35. The van der Waals surface area contributed by atoms with E-state index >= 15 is 0 Å². The van der Waals surface area contributed by atoms with E-state index in [0.29, 0.717) is 48.9 Å². The number of hydrogen-bond donors (Lipinski definition) is 1. The molecule has 2 aromatic carbocycles. The number of benzene rings is 2. The Labute approximate surface area is 187 Å². The Kier molecular flexibility index (Phi) is 6.16. The van der Waals surface area contributed by atoms with E-state index in [4.69, 9.17) is 14.9 Å². The number of nitrogens with zero attached hydrogens (tertiary/aromatic N) is 2. The average molecular weight is 452 g/mol. The van der Waals surface area contributed by atoms with E-state index in [2.05, 4.69) is 16.5 Å². The van der Waals surface area contributed by atoms with Crippen LogP contribution in [0.1, 0.15) is 12.5 Å². The van der Waals surface area contributed by atoms with E-state index in [9.17, 15) is 8.42 Å². The SMILES string of the molecule is C=C/C(=C\N=C(/C)N)c1cc(N2CCOCC2)cc(S(=O)(=O)c2ccc3ccoc3c2)c1. The van der Waals surface area contributed by atoms with Gasteiger partial charge in [-0.1, -0.05) is 12.7 Å². The maximum atomic E-state index is 13.6. The molecule has 0 radical (unpaired) electrons. The summed E-state index contributed by atoms with van der Waals surface area (Å²) in [6.07, 6.45) is 4.77. The summed E-state index contributed by atoms with van der Waals surface area (Å²) in [5.74, 6) is 0.397. The van der Waals surface area contributed by atoms with E-state index in [0.717, 1.165) is 11.1 Å². The fourth-order valence-electron chi connectivity index (χ4n) is 3.56. The van der Waals surface area contributed by atoms with Gasteiger partial charge in [-0.05, 0) is 54.5 Å². The summed E-state index contributed by atoms with van der Waals surface area (Å²) < 4.78 is 38.0. The van der Waals surface area contributed by atoms with Crippen LogP contribution in [0.5, 0.6) is 0 Å². The van der Waals surface area contributed by atoms with Crippen LogP contribution >= 0.6 is 0 Å². The largest absolute Gasteiger partial charge is 0.464 e. The Balaban J connectivity index is 1.86. The van der Waals surface area contributed by atoms with Gasteiger partial charge in [-0.25, -0.2) is 13.4 Å². The number of ether oxygens (including phenoxy) is 1. The highest BCUT2D eigenvalue weighted by Crippen LogP contribution is 2.32. The Bertz CT molecular complexity index is 1310. The first-order valence-corrected chi connectivity index (χ1v) is 11.7. The highest BCUT2D eigenvalue weighted by atomic mass is 32.2. The van der Waals surface area contributed by atoms with Gasteiger partial charge in [0.15, 0.2) is 0 Å². The first-order chi connectivity index (χ1) is 15.4. The van der Waals surface area contributed by atoms with Crippen molar-refractivity contribution in [1.82, 2.24) is 0 Å². The number of morpholine rings is 1. The first kappa shape index (κ1) is 21.9. The van der Waals surface area contributed by atoms with Crippen LogP contribution in [0, 0.1) is 0 Å². The lowest BCUT2D eigenvalue weighted by Gasteiger charge is -2.29. The third-order valence-electron chi connectivity index (χ3n) is 5.28. The number of furan rings is 1.